The van der Waals surface area contributed by atoms with E-state index >= 15 is 0 Å². The zero-order chi connectivity index (χ0) is 15.4. The maximum absolute atomic E-state index is 12.2. The van der Waals surface area contributed by atoms with Crippen LogP contribution < -0.4 is 11.1 Å². The van der Waals surface area contributed by atoms with Crippen molar-refractivity contribution in [3.63, 3.8) is 0 Å². The zero-order valence-corrected chi connectivity index (χ0v) is 12.6. The van der Waals surface area contributed by atoms with E-state index in [0.717, 1.165) is 13.1 Å². The number of hydrogen-bond donors (Lipinski definition) is 2. The number of carbonyl (C=O) groups excluding carboxylic acids is 2. The lowest BCUT2D eigenvalue weighted by molar-refractivity contribution is -0.117. The molecule has 5 heteroatoms. The number of para-hydroxylation sites is 1. The first-order valence-corrected chi connectivity index (χ1v) is 7.36. The van der Waals surface area contributed by atoms with E-state index in [0.29, 0.717) is 29.6 Å². The molecule has 114 valence electrons. The molecule has 2 atom stereocenters. The van der Waals surface area contributed by atoms with Crippen LogP contribution in [-0.2, 0) is 4.79 Å². The van der Waals surface area contributed by atoms with Gasteiger partial charge in [-0.2, -0.15) is 0 Å². The second-order valence-corrected chi connectivity index (χ2v) is 6.10. The third-order valence-corrected chi connectivity index (χ3v) is 3.78. The monoisotopic (exact) mass is 289 g/mol. The average molecular weight is 289 g/mol. The molecular weight excluding hydrogens is 266 g/mol. The van der Waals surface area contributed by atoms with Crippen LogP contribution in [0.3, 0.4) is 0 Å². The summed E-state index contributed by atoms with van der Waals surface area (Å²) in [5.74, 6) is 0.579. The smallest absolute Gasteiger partial charge is 0.250 e. The minimum Gasteiger partial charge on any atom is -0.366 e. The predicted octanol–water partition coefficient (Wildman–Crippen LogP) is 1.70. The summed E-state index contributed by atoms with van der Waals surface area (Å²) in [5.41, 5.74) is 6.13. The fraction of sp³-hybridized carbons (Fsp3) is 0.500. The van der Waals surface area contributed by atoms with E-state index < -0.39 is 5.91 Å². The number of anilines is 1. The molecule has 2 rings (SSSR count). The Balaban J connectivity index is 1.97. The molecule has 0 aromatic heterocycles. The van der Waals surface area contributed by atoms with Gasteiger partial charge in [0.1, 0.15) is 0 Å². The molecule has 1 aromatic carbocycles. The number of piperidine rings is 1. The lowest BCUT2D eigenvalue weighted by atomic mass is 9.92. The van der Waals surface area contributed by atoms with E-state index in [1.807, 2.05) is 0 Å². The van der Waals surface area contributed by atoms with Gasteiger partial charge in [-0.1, -0.05) is 26.0 Å². The number of amides is 2. The van der Waals surface area contributed by atoms with Crippen LogP contribution in [0.25, 0.3) is 0 Å². The highest BCUT2D eigenvalue weighted by Gasteiger charge is 2.23. The van der Waals surface area contributed by atoms with Crippen LogP contribution in [0.2, 0.25) is 0 Å². The van der Waals surface area contributed by atoms with Crippen molar-refractivity contribution in [1.29, 1.82) is 0 Å². The molecule has 1 saturated heterocycles. The summed E-state index contributed by atoms with van der Waals surface area (Å²) in [7, 11) is 0. The fourth-order valence-electron chi connectivity index (χ4n) is 3.12. The molecule has 21 heavy (non-hydrogen) atoms. The maximum atomic E-state index is 12.2. The van der Waals surface area contributed by atoms with Gasteiger partial charge in [0.25, 0.3) is 5.91 Å². The lowest BCUT2D eigenvalue weighted by Gasteiger charge is -2.34. The highest BCUT2D eigenvalue weighted by molar-refractivity contribution is 6.03. The lowest BCUT2D eigenvalue weighted by Crippen LogP contribution is -2.43. The Morgan fingerprint density at radius 3 is 2.48 bits per heavy atom. The second-order valence-electron chi connectivity index (χ2n) is 6.10. The summed E-state index contributed by atoms with van der Waals surface area (Å²) in [5, 5.41) is 2.79. The van der Waals surface area contributed by atoms with Crippen LogP contribution in [-0.4, -0.2) is 36.3 Å². The number of rotatable bonds is 4. The quantitative estimate of drug-likeness (QED) is 0.886. The number of nitrogens with one attached hydrogen (secondary N) is 1. The molecule has 1 heterocycles. The molecule has 0 aliphatic carbocycles. The summed E-state index contributed by atoms with van der Waals surface area (Å²) in [4.78, 5) is 25.7. The van der Waals surface area contributed by atoms with Gasteiger partial charge in [-0.05, 0) is 30.4 Å². The third kappa shape index (κ3) is 4.29. The Bertz CT molecular complexity index is 520. The number of carbonyl (C=O) groups is 2. The van der Waals surface area contributed by atoms with Gasteiger partial charge < -0.3 is 11.1 Å². The van der Waals surface area contributed by atoms with Crippen molar-refractivity contribution in [2.24, 2.45) is 17.6 Å². The average Bonchev–Trinajstić information content (AvgIpc) is 2.37. The molecule has 3 N–H and O–H groups in total. The van der Waals surface area contributed by atoms with Crippen molar-refractivity contribution in [3.8, 4) is 0 Å². The molecular formula is C16H23N3O2. The first kappa shape index (κ1) is 15.5. The molecule has 0 spiro atoms. The van der Waals surface area contributed by atoms with Crippen molar-refractivity contribution >= 4 is 17.5 Å². The molecule has 1 aliphatic rings. The topological polar surface area (TPSA) is 75.4 Å². The first-order valence-electron chi connectivity index (χ1n) is 7.36. The van der Waals surface area contributed by atoms with Crippen LogP contribution >= 0.6 is 0 Å². The molecule has 0 bridgehead atoms. The van der Waals surface area contributed by atoms with Crippen molar-refractivity contribution in [3.05, 3.63) is 29.8 Å². The van der Waals surface area contributed by atoms with Crippen LogP contribution in [0, 0.1) is 11.8 Å². The Hall–Kier alpha value is -1.88. The normalized spacial score (nSPS) is 22.8. The Morgan fingerprint density at radius 2 is 1.86 bits per heavy atom. The van der Waals surface area contributed by atoms with Gasteiger partial charge in [0.2, 0.25) is 5.91 Å². The third-order valence-electron chi connectivity index (χ3n) is 3.78. The van der Waals surface area contributed by atoms with Crippen molar-refractivity contribution in [2.75, 3.05) is 25.0 Å². The second kappa shape index (κ2) is 6.72. The summed E-state index contributed by atoms with van der Waals surface area (Å²) in [6.07, 6.45) is 1.21. The standard InChI is InChI=1S/C16H23N3O2/c1-11-7-12(2)9-19(8-11)10-15(20)18-14-6-4-3-5-13(14)16(17)21/h3-6,11-12H,7-10H2,1-2H3,(H2,17,21)(H,18,20)/t11-,12-/m0/s1. The van der Waals surface area contributed by atoms with Gasteiger partial charge in [-0.25, -0.2) is 0 Å². The van der Waals surface area contributed by atoms with E-state index in [1.165, 1.54) is 6.42 Å². The van der Waals surface area contributed by atoms with Crippen molar-refractivity contribution in [1.82, 2.24) is 4.90 Å². The van der Waals surface area contributed by atoms with Crippen LogP contribution in [0.15, 0.2) is 24.3 Å². The van der Waals surface area contributed by atoms with Gasteiger partial charge in [0.15, 0.2) is 0 Å². The Morgan fingerprint density at radius 1 is 1.24 bits per heavy atom. The van der Waals surface area contributed by atoms with E-state index in [-0.39, 0.29) is 5.91 Å². The Labute approximate surface area is 125 Å². The minimum absolute atomic E-state index is 0.106. The van der Waals surface area contributed by atoms with Gasteiger partial charge in [0.05, 0.1) is 17.8 Å². The van der Waals surface area contributed by atoms with Gasteiger partial charge >= 0.3 is 0 Å². The number of benzene rings is 1. The Kier molecular flexibility index (Phi) is 4.96. The number of primary amides is 1. The number of nitrogens with two attached hydrogens (primary N) is 1. The molecule has 0 radical (unpaired) electrons. The van der Waals surface area contributed by atoms with Gasteiger partial charge in [-0.15, -0.1) is 0 Å². The summed E-state index contributed by atoms with van der Waals surface area (Å²) >= 11 is 0. The molecule has 0 saturated carbocycles. The molecule has 1 fully saturated rings. The highest BCUT2D eigenvalue weighted by atomic mass is 16.2. The largest absolute Gasteiger partial charge is 0.366 e. The SMILES string of the molecule is C[C@H]1C[C@H](C)CN(CC(=O)Nc2ccccc2C(N)=O)C1. The number of nitrogens with zero attached hydrogens (tertiary/aromatic N) is 1. The highest BCUT2D eigenvalue weighted by Crippen LogP contribution is 2.21. The summed E-state index contributed by atoms with van der Waals surface area (Å²) in [6, 6.07) is 6.80. The van der Waals surface area contributed by atoms with Gasteiger partial charge in [0, 0.05) is 13.1 Å². The summed E-state index contributed by atoms with van der Waals surface area (Å²) in [6.45, 7) is 6.65. The van der Waals surface area contributed by atoms with E-state index in [4.69, 9.17) is 5.73 Å². The van der Waals surface area contributed by atoms with Crippen molar-refractivity contribution < 1.29 is 9.59 Å². The summed E-state index contributed by atoms with van der Waals surface area (Å²) < 4.78 is 0. The number of hydrogen-bond acceptors (Lipinski definition) is 3. The molecule has 2 amide bonds. The molecule has 5 nitrogen and oxygen atoms in total. The zero-order valence-electron chi connectivity index (χ0n) is 12.6. The van der Waals surface area contributed by atoms with Gasteiger partial charge in [-0.3, -0.25) is 14.5 Å². The van der Waals surface area contributed by atoms with E-state index in [2.05, 4.69) is 24.1 Å². The van der Waals surface area contributed by atoms with Crippen LogP contribution in [0.1, 0.15) is 30.6 Å². The predicted molar refractivity (Wildman–Crippen MR) is 83.0 cm³/mol. The maximum Gasteiger partial charge on any atom is 0.250 e. The molecule has 1 aromatic rings. The fourth-order valence-corrected chi connectivity index (χ4v) is 3.12. The van der Waals surface area contributed by atoms with E-state index in [1.54, 1.807) is 24.3 Å². The van der Waals surface area contributed by atoms with Crippen molar-refractivity contribution in [2.45, 2.75) is 20.3 Å². The van der Waals surface area contributed by atoms with E-state index in [9.17, 15) is 9.59 Å². The molecule has 1 aliphatic heterocycles. The minimum atomic E-state index is -0.536. The molecule has 0 unspecified atom stereocenters. The van der Waals surface area contributed by atoms with Crippen LogP contribution in [0.4, 0.5) is 5.69 Å². The van der Waals surface area contributed by atoms with Crippen LogP contribution in [0.5, 0.6) is 0 Å². The number of likely N-dealkylation sites (tertiary alicyclic amines) is 1. The first-order chi connectivity index (χ1) is 9.95.